The van der Waals surface area contributed by atoms with Gasteiger partial charge in [0.1, 0.15) is 35.7 Å². The molecule has 2 fully saturated rings. The summed E-state index contributed by atoms with van der Waals surface area (Å²) in [6.45, 7) is 6.41. The van der Waals surface area contributed by atoms with E-state index in [1.807, 2.05) is 0 Å². The van der Waals surface area contributed by atoms with Crippen molar-refractivity contribution in [3.05, 3.63) is 23.9 Å². The number of allylic oxidation sites excluding steroid dienone is 2. The fourth-order valence-electron chi connectivity index (χ4n) is 4.10. The van der Waals surface area contributed by atoms with Gasteiger partial charge in [-0.25, -0.2) is 9.00 Å². The van der Waals surface area contributed by atoms with E-state index in [0.29, 0.717) is 0 Å². The molecule has 0 aromatic carbocycles. The summed E-state index contributed by atoms with van der Waals surface area (Å²) in [6.07, 6.45) is 3.25. The molecule has 0 aromatic rings. The number of hydrogen-bond donors (Lipinski definition) is 5. The smallest absolute Gasteiger partial charge is 0.329 e. The summed E-state index contributed by atoms with van der Waals surface area (Å²) >= 11 is 0. The van der Waals surface area contributed by atoms with Crippen molar-refractivity contribution in [3.8, 4) is 0 Å². The van der Waals surface area contributed by atoms with Gasteiger partial charge >= 0.3 is 5.97 Å². The first kappa shape index (κ1) is 30.2. The van der Waals surface area contributed by atoms with Gasteiger partial charge in [-0.1, -0.05) is 26.0 Å². The van der Waals surface area contributed by atoms with Gasteiger partial charge in [0.15, 0.2) is 0 Å². The van der Waals surface area contributed by atoms with E-state index in [1.165, 1.54) is 26.0 Å². The quantitative estimate of drug-likeness (QED) is 0.0647. The van der Waals surface area contributed by atoms with E-state index in [1.54, 1.807) is 19.9 Å². The molecule has 6 atom stereocenters. The number of hydrogen-bond acceptors (Lipinski definition) is 9. The van der Waals surface area contributed by atoms with E-state index in [0.717, 1.165) is 10.8 Å². The van der Waals surface area contributed by atoms with Gasteiger partial charge in [0.25, 0.3) is 5.91 Å². The normalized spacial score (nSPS) is 35.8. The molecule has 0 spiro atoms. The molecule has 3 aliphatic rings. The zero-order valence-electron chi connectivity index (χ0n) is 21.6. The van der Waals surface area contributed by atoms with Gasteiger partial charge in [0, 0.05) is 22.4 Å². The predicted octanol–water partition coefficient (Wildman–Crippen LogP) is -0.877. The van der Waals surface area contributed by atoms with Crippen LogP contribution in [0.4, 0.5) is 0 Å². The van der Waals surface area contributed by atoms with Crippen molar-refractivity contribution < 1.29 is 37.5 Å². The van der Waals surface area contributed by atoms with Gasteiger partial charge in [-0.15, -0.1) is 0 Å². The van der Waals surface area contributed by atoms with E-state index < -0.39 is 77.3 Å². The van der Waals surface area contributed by atoms with Crippen molar-refractivity contribution in [3.63, 3.8) is 0 Å². The lowest BCUT2D eigenvalue weighted by Gasteiger charge is -2.39. The molecule has 212 valence electrons. The molecule has 38 heavy (non-hydrogen) atoms. The first-order valence-electron chi connectivity index (χ1n) is 12.3. The molecule has 3 rings (SSSR count). The number of carbonyl (C=O) groups excluding carboxylic acids is 5. The number of carbonyl (C=O) groups is 5. The number of amides is 4. The summed E-state index contributed by atoms with van der Waals surface area (Å²) in [5, 5.41) is 9.14. The number of rotatable bonds is 1. The Balaban J connectivity index is 2.14. The van der Waals surface area contributed by atoms with E-state index in [9.17, 15) is 32.7 Å². The maximum atomic E-state index is 14.1. The first-order valence-corrected chi connectivity index (χ1v) is 17.5. The summed E-state index contributed by atoms with van der Waals surface area (Å²) in [7, 11) is -4.75. The van der Waals surface area contributed by atoms with Gasteiger partial charge < -0.3 is 30.6 Å². The molecule has 12 nitrogen and oxygen atoms in total. The van der Waals surface area contributed by atoms with E-state index in [4.69, 9.17) is 4.74 Å². The molecular formula is C23H34N4O8S3. The third kappa shape index (κ3) is 6.79. The highest BCUT2D eigenvalue weighted by atomic mass is 33.6. The van der Waals surface area contributed by atoms with Crippen molar-refractivity contribution in [2.24, 2.45) is 5.92 Å². The molecule has 0 aromatic heterocycles. The van der Waals surface area contributed by atoms with Crippen molar-refractivity contribution in [2.75, 3.05) is 11.5 Å². The predicted molar refractivity (Wildman–Crippen MR) is 145 cm³/mol. The SMILES string of the molecule is C/C=C1\NC(=O)[C@H]2CS[SH]3(=O)C(C)[C@@H](NC(=O)C[C@@H](/C=C/CC[S+]3[O-])OC(=O)[C@H](C(C)C)NC1=O)C(=O)N2. The maximum Gasteiger partial charge on any atom is 0.329 e. The Morgan fingerprint density at radius 1 is 1.16 bits per heavy atom. The molecule has 0 saturated carbocycles. The van der Waals surface area contributed by atoms with Crippen LogP contribution in [-0.2, 0) is 46.9 Å². The zero-order valence-corrected chi connectivity index (χ0v) is 24.1. The van der Waals surface area contributed by atoms with Gasteiger partial charge in [-0.3, -0.25) is 19.2 Å². The van der Waals surface area contributed by atoms with Crippen molar-refractivity contribution >= 4 is 58.6 Å². The molecule has 3 aliphatic heterocycles. The third-order valence-electron chi connectivity index (χ3n) is 6.38. The fraction of sp³-hybridized carbons (Fsp3) is 0.609. The lowest BCUT2D eigenvalue weighted by Crippen LogP contribution is -2.62. The van der Waals surface area contributed by atoms with Crippen LogP contribution in [-0.4, -0.2) is 79.3 Å². The van der Waals surface area contributed by atoms with Gasteiger partial charge in [-0.05, 0) is 36.6 Å². The minimum atomic E-state index is -3.70. The Labute approximate surface area is 228 Å². The Morgan fingerprint density at radius 2 is 1.87 bits per heavy atom. The average Bonchev–Trinajstić information content (AvgIpc) is 2.85. The summed E-state index contributed by atoms with van der Waals surface area (Å²) in [4.78, 5) is 65.5. The number of esters is 1. The fourth-order valence-corrected chi connectivity index (χ4v) is 13.9. The summed E-state index contributed by atoms with van der Waals surface area (Å²) in [5.74, 6) is -4.30. The Morgan fingerprint density at radius 3 is 2.53 bits per heavy atom. The Bertz CT molecular complexity index is 1090. The van der Waals surface area contributed by atoms with Crippen LogP contribution in [0, 0.1) is 5.92 Å². The molecule has 4 bridgehead atoms. The van der Waals surface area contributed by atoms with Crippen LogP contribution in [0.1, 0.15) is 40.5 Å². The number of fused-ring (bicyclic) bond motifs is 6. The minimum absolute atomic E-state index is 0.0122. The highest BCUT2D eigenvalue weighted by molar-refractivity contribution is 9.06. The van der Waals surface area contributed by atoms with Crippen LogP contribution in [0.5, 0.6) is 0 Å². The summed E-state index contributed by atoms with van der Waals surface area (Å²) in [6, 6.07) is -3.69. The van der Waals surface area contributed by atoms with Crippen molar-refractivity contribution in [1.82, 2.24) is 21.3 Å². The lowest BCUT2D eigenvalue weighted by molar-refractivity contribution is -0.153. The summed E-state index contributed by atoms with van der Waals surface area (Å²) in [5.41, 5.74) is -0.163. The van der Waals surface area contributed by atoms with Crippen molar-refractivity contribution in [1.29, 1.82) is 0 Å². The summed E-state index contributed by atoms with van der Waals surface area (Å²) < 4.78 is 33.0. The standard InChI is InChI=1S/C23H34N4O8S3/c1-5-15-20(29)27-18(12(2)3)23(32)35-14-8-6-7-9-37(33)38(34)13(4)19(26-17(28)10-14)22(31)25-16(11-36-38)21(30)24-15/h5-6,8,12-14,16,18-19,38H,7,9-11H2,1-4H3,(H,24,30)(H,25,31)(H,26,28)(H,27,29)/b8-6+,15-5-/t13?,14-,16-,18+,19-,37?/m1/s1. The van der Waals surface area contributed by atoms with E-state index in [2.05, 4.69) is 21.3 Å². The van der Waals surface area contributed by atoms with Crippen LogP contribution < -0.4 is 21.3 Å². The van der Waals surface area contributed by atoms with E-state index in [-0.39, 0.29) is 36.0 Å². The highest BCUT2D eigenvalue weighted by Gasteiger charge is 2.46. The first-order chi connectivity index (χ1) is 17.9. The van der Waals surface area contributed by atoms with Crippen LogP contribution >= 0.6 is 10.8 Å². The average molecular weight is 591 g/mol. The van der Waals surface area contributed by atoms with E-state index >= 15 is 0 Å². The second-order valence-corrected chi connectivity index (χ2v) is 19.0. The third-order valence-corrected chi connectivity index (χ3v) is 17.9. The van der Waals surface area contributed by atoms with Crippen LogP contribution in [0.15, 0.2) is 23.9 Å². The highest BCUT2D eigenvalue weighted by Crippen LogP contribution is 2.38. The van der Waals surface area contributed by atoms with Crippen molar-refractivity contribution in [2.45, 2.75) is 70.0 Å². The zero-order chi connectivity index (χ0) is 28.2. The maximum absolute atomic E-state index is 14.1. The molecule has 0 radical (unpaired) electrons. The van der Waals surface area contributed by atoms with Gasteiger partial charge in [-0.2, -0.15) is 0 Å². The van der Waals surface area contributed by atoms with Crippen LogP contribution in [0.2, 0.25) is 0 Å². The largest absolute Gasteiger partial charge is 0.604 e. The Kier molecular flexibility index (Phi) is 10.1. The number of ether oxygens (including phenoxy) is 1. The second-order valence-electron chi connectivity index (χ2n) is 9.49. The molecule has 4 N–H and O–H groups in total. The van der Waals surface area contributed by atoms with Crippen LogP contribution in [0.3, 0.4) is 0 Å². The molecule has 15 heteroatoms. The van der Waals surface area contributed by atoms with Crippen LogP contribution in [0.25, 0.3) is 0 Å². The monoisotopic (exact) mass is 590 g/mol. The molecule has 3 heterocycles. The second kappa shape index (κ2) is 12.7. The molecule has 0 aliphatic carbocycles. The molecule has 2 saturated heterocycles. The van der Waals surface area contributed by atoms with Gasteiger partial charge in [0.2, 0.25) is 17.7 Å². The minimum Gasteiger partial charge on any atom is -0.604 e. The lowest BCUT2D eigenvalue weighted by atomic mass is 10.0. The number of thiol groups is 1. The molecule has 2 unspecified atom stereocenters. The Hall–Kier alpha value is -2.36. The number of nitrogens with one attached hydrogen (secondary N) is 4. The topological polar surface area (TPSA) is 183 Å². The molecular weight excluding hydrogens is 556 g/mol. The van der Waals surface area contributed by atoms with Gasteiger partial charge in [0.05, 0.1) is 19.7 Å². The molecule has 4 amide bonds.